The van der Waals surface area contributed by atoms with Gasteiger partial charge in [-0.2, -0.15) is 5.10 Å². The molecule has 0 aliphatic carbocycles. The predicted octanol–water partition coefficient (Wildman–Crippen LogP) is 2.81. The van der Waals surface area contributed by atoms with Crippen molar-refractivity contribution in [2.24, 2.45) is 18.0 Å². The van der Waals surface area contributed by atoms with Crippen molar-refractivity contribution < 1.29 is 4.74 Å². The van der Waals surface area contributed by atoms with E-state index in [-0.39, 0.29) is 30.0 Å². The first-order chi connectivity index (χ1) is 11.3. The Kier molecular flexibility index (Phi) is 12.1. The van der Waals surface area contributed by atoms with Gasteiger partial charge in [-0.05, 0) is 45.1 Å². The van der Waals surface area contributed by atoms with E-state index < -0.39 is 0 Å². The number of halogens is 1. The molecule has 0 aliphatic heterocycles. The minimum Gasteiger partial charge on any atom is -0.380 e. The van der Waals surface area contributed by atoms with E-state index in [2.05, 4.69) is 55.3 Å². The van der Waals surface area contributed by atoms with Crippen molar-refractivity contribution in [3.8, 4) is 0 Å². The molecule has 0 aromatic carbocycles. The summed E-state index contributed by atoms with van der Waals surface area (Å²) in [5, 5.41) is 11.2. The maximum absolute atomic E-state index is 5.62. The molecule has 0 radical (unpaired) electrons. The lowest BCUT2D eigenvalue weighted by atomic mass is 10.1. The second-order valence-corrected chi connectivity index (χ2v) is 6.82. The number of aliphatic imine (C=N–C) groups is 1. The zero-order valence-electron chi connectivity index (χ0n) is 16.8. The molecular weight excluding hydrogens is 429 g/mol. The molecule has 1 atom stereocenters. The number of guanidine groups is 1. The van der Waals surface area contributed by atoms with Crippen molar-refractivity contribution in [3.63, 3.8) is 0 Å². The molecule has 7 heteroatoms. The van der Waals surface area contributed by atoms with Gasteiger partial charge in [0.25, 0.3) is 0 Å². The topological polar surface area (TPSA) is 63.5 Å². The Bertz CT molecular complexity index is 528. The van der Waals surface area contributed by atoms with Crippen LogP contribution in [0.15, 0.2) is 4.99 Å². The van der Waals surface area contributed by atoms with E-state index in [0.717, 1.165) is 37.6 Å². The molecule has 0 spiro atoms. The fourth-order valence-electron chi connectivity index (χ4n) is 2.56. The van der Waals surface area contributed by atoms with Crippen LogP contribution in [0.5, 0.6) is 0 Å². The Morgan fingerprint density at radius 2 is 1.92 bits per heavy atom. The van der Waals surface area contributed by atoms with Gasteiger partial charge in [-0.15, -0.1) is 24.0 Å². The van der Waals surface area contributed by atoms with Crippen LogP contribution in [-0.4, -0.2) is 48.6 Å². The van der Waals surface area contributed by atoms with Gasteiger partial charge in [0.1, 0.15) is 0 Å². The molecule has 1 unspecified atom stereocenters. The standard InChI is InChI=1S/C18H35N5O.HI/c1-13(2)8-10-24-11-9-20-18(19-6)21-14(3)12-17-15(4)22-23(7)16(17)5;/h13-14H,8-12H2,1-7H3,(H2,19,20,21);1H. The smallest absolute Gasteiger partial charge is 0.191 e. The average molecular weight is 465 g/mol. The number of ether oxygens (including phenoxy) is 1. The second kappa shape index (κ2) is 12.5. The Balaban J connectivity index is 0.00000576. The van der Waals surface area contributed by atoms with Gasteiger partial charge >= 0.3 is 0 Å². The third kappa shape index (κ3) is 8.89. The van der Waals surface area contributed by atoms with E-state index in [1.165, 1.54) is 11.3 Å². The van der Waals surface area contributed by atoms with Crippen molar-refractivity contribution in [1.82, 2.24) is 20.4 Å². The van der Waals surface area contributed by atoms with Crippen LogP contribution in [0, 0.1) is 19.8 Å². The van der Waals surface area contributed by atoms with Gasteiger partial charge in [0.05, 0.1) is 12.3 Å². The molecule has 1 aromatic heterocycles. The van der Waals surface area contributed by atoms with Gasteiger partial charge in [0.15, 0.2) is 5.96 Å². The molecule has 2 N–H and O–H groups in total. The zero-order chi connectivity index (χ0) is 18.1. The summed E-state index contributed by atoms with van der Waals surface area (Å²) < 4.78 is 7.56. The monoisotopic (exact) mass is 465 g/mol. The third-order valence-electron chi connectivity index (χ3n) is 4.15. The van der Waals surface area contributed by atoms with Crippen LogP contribution in [-0.2, 0) is 18.2 Å². The van der Waals surface area contributed by atoms with Gasteiger partial charge in [-0.1, -0.05) is 13.8 Å². The number of hydrogen-bond donors (Lipinski definition) is 2. The number of rotatable bonds is 9. The summed E-state index contributed by atoms with van der Waals surface area (Å²) in [5.41, 5.74) is 3.64. The fourth-order valence-corrected chi connectivity index (χ4v) is 2.56. The zero-order valence-corrected chi connectivity index (χ0v) is 19.2. The minimum absolute atomic E-state index is 0. The second-order valence-electron chi connectivity index (χ2n) is 6.82. The fraction of sp³-hybridized carbons (Fsp3) is 0.778. The molecule has 1 aromatic rings. The molecule has 1 heterocycles. The van der Waals surface area contributed by atoms with Crippen molar-refractivity contribution in [2.45, 2.75) is 53.5 Å². The lowest BCUT2D eigenvalue weighted by Gasteiger charge is -2.18. The normalized spacial score (nSPS) is 12.9. The summed E-state index contributed by atoms with van der Waals surface area (Å²) in [6.45, 7) is 13.0. The van der Waals surface area contributed by atoms with Crippen LogP contribution in [0.25, 0.3) is 0 Å². The first kappa shape index (κ1) is 24.2. The van der Waals surface area contributed by atoms with E-state index in [0.29, 0.717) is 12.5 Å². The Morgan fingerprint density at radius 3 is 2.44 bits per heavy atom. The molecule has 6 nitrogen and oxygen atoms in total. The highest BCUT2D eigenvalue weighted by Crippen LogP contribution is 2.14. The summed E-state index contributed by atoms with van der Waals surface area (Å²) in [4.78, 5) is 4.28. The molecule has 25 heavy (non-hydrogen) atoms. The summed E-state index contributed by atoms with van der Waals surface area (Å²) in [5.74, 6) is 1.50. The lowest BCUT2D eigenvalue weighted by molar-refractivity contribution is 0.128. The van der Waals surface area contributed by atoms with Gasteiger partial charge in [0, 0.05) is 39.0 Å². The molecule has 0 amide bonds. The van der Waals surface area contributed by atoms with Crippen LogP contribution < -0.4 is 10.6 Å². The van der Waals surface area contributed by atoms with E-state index in [9.17, 15) is 0 Å². The first-order valence-electron chi connectivity index (χ1n) is 8.89. The maximum Gasteiger partial charge on any atom is 0.191 e. The van der Waals surface area contributed by atoms with Gasteiger partial charge in [0.2, 0.25) is 0 Å². The summed E-state index contributed by atoms with van der Waals surface area (Å²) in [7, 11) is 3.78. The van der Waals surface area contributed by atoms with Crippen molar-refractivity contribution in [3.05, 3.63) is 17.0 Å². The molecule has 0 fully saturated rings. The number of hydrogen-bond acceptors (Lipinski definition) is 3. The predicted molar refractivity (Wildman–Crippen MR) is 116 cm³/mol. The van der Waals surface area contributed by atoms with Crippen LogP contribution in [0.4, 0.5) is 0 Å². The summed E-state index contributed by atoms with van der Waals surface area (Å²) >= 11 is 0. The number of aromatic nitrogens is 2. The quantitative estimate of drug-likeness (QED) is 0.255. The highest BCUT2D eigenvalue weighted by Gasteiger charge is 2.13. The van der Waals surface area contributed by atoms with E-state index in [4.69, 9.17) is 4.74 Å². The number of nitrogens with zero attached hydrogens (tertiary/aromatic N) is 3. The van der Waals surface area contributed by atoms with Gasteiger partial charge in [-0.3, -0.25) is 9.67 Å². The molecule has 0 saturated heterocycles. The molecule has 1 rings (SSSR count). The lowest BCUT2D eigenvalue weighted by Crippen LogP contribution is -2.44. The van der Waals surface area contributed by atoms with E-state index in [1.807, 2.05) is 11.7 Å². The molecule has 0 aliphatic rings. The highest BCUT2D eigenvalue weighted by molar-refractivity contribution is 14.0. The third-order valence-corrected chi connectivity index (χ3v) is 4.15. The van der Waals surface area contributed by atoms with Crippen molar-refractivity contribution >= 4 is 29.9 Å². The summed E-state index contributed by atoms with van der Waals surface area (Å²) in [6, 6.07) is 0.277. The number of aryl methyl sites for hydroxylation is 2. The van der Waals surface area contributed by atoms with E-state index in [1.54, 1.807) is 7.05 Å². The maximum atomic E-state index is 5.62. The number of nitrogens with one attached hydrogen (secondary N) is 2. The van der Waals surface area contributed by atoms with Crippen LogP contribution in [0.1, 0.15) is 44.1 Å². The van der Waals surface area contributed by atoms with Crippen molar-refractivity contribution in [2.75, 3.05) is 26.8 Å². The largest absolute Gasteiger partial charge is 0.380 e. The van der Waals surface area contributed by atoms with Crippen LogP contribution in [0.3, 0.4) is 0 Å². The Labute approximate surface area is 170 Å². The molecule has 0 saturated carbocycles. The minimum atomic E-state index is 0. The average Bonchev–Trinajstić information content (AvgIpc) is 2.75. The molecular formula is C18H36IN5O. The van der Waals surface area contributed by atoms with Crippen molar-refractivity contribution in [1.29, 1.82) is 0 Å². The SMILES string of the molecule is CN=C(NCCOCCC(C)C)NC(C)Cc1c(C)nn(C)c1C.I. The van der Waals surface area contributed by atoms with E-state index >= 15 is 0 Å². The first-order valence-corrected chi connectivity index (χ1v) is 8.89. The molecule has 146 valence electrons. The van der Waals surface area contributed by atoms with Crippen LogP contribution in [0.2, 0.25) is 0 Å². The highest BCUT2D eigenvalue weighted by atomic mass is 127. The van der Waals surface area contributed by atoms with Gasteiger partial charge < -0.3 is 15.4 Å². The van der Waals surface area contributed by atoms with Crippen LogP contribution >= 0.6 is 24.0 Å². The summed E-state index contributed by atoms with van der Waals surface area (Å²) in [6.07, 6.45) is 2.03. The molecule has 0 bridgehead atoms. The Morgan fingerprint density at radius 1 is 1.24 bits per heavy atom. The van der Waals surface area contributed by atoms with Gasteiger partial charge in [-0.25, -0.2) is 0 Å². The Hall–Kier alpha value is -0.830.